The van der Waals surface area contributed by atoms with Crippen molar-refractivity contribution in [2.24, 2.45) is 0 Å². The maximum Gasteiger partial charge on any atom is 0.414 e. The van der Waals surface area contributed by atoms with Crippen LogP contribution in [0.3, 0.4) is 0 Å². The lowest BCUT2D eigenvalue weighted by molar-refractivity contribution is 0.135. The maximum absolute atomic E-state index is 14.2. The molecular formula is C20H19BrF2N2O4S. The molecule has 2 aromatic carbocycles. The summed E-state index contributed by atoms with van der Waals surface area (Å²) in [6, 6.07) is 6.91. The van der Waals surface area contributed by atoms with E-state index in [1.165, 1.54) is 11.2 Å². The molecule has 0 spiro atoms. The van der Waals surface area contributed by atoms with E-state index in [4.69, 9.17) is 4.74 Å². The first-order valence-electron chi connectivity index (χ1n) is 9.38. The average molecular weight is 501 g/mol. The summed E-state index contributed by atoms with van der Waals surface area (Å²) in [5, 5.41) is 0. The summed E-state index contributed by atoms with van der Waals surface area (Å²) < 4.78 is 60.9. The molecular weight excluding hydrogens is 482 g/mol. The fourth-order valence-corrected chi connectivity index (χ4v) is 5.88. The lowest BCUT2D eigenvalue weighted by Crippen LogP contribution is -2.50. The lowest BCUT2D eigenvalue weighted by atomic mass is 10.0. The molecule has 0 aromatic heterocycles. The van der Waals surface area contributed by atoms with Crippen molar-refractivity contribution in [3.05, 3.63) is 57.6 Å². The molecule has 2 heterocycles. The molecule has 0 radical (unpaired) electrons. The highest BCUT2D eigenvalue weighted by atomic mass is 79.9. The van der Waals surface area contributed by atoms with Gasteiger partial charge in [0.25, 0.3) is 0 Å². The van der Waals surface area contributed by atoms with Gasteiger partial charge in [0.15, 0.2) is 0 Å². The van der Waals surface area contributed by atoms with Crippen LogP contribution in [0, 0.1) is 18.6 Å². The summed E-state index contributed by atoms with van der Waals surface area (Å²) in [6.07, 6.45) is 0.267. The van der Waals surface area contributed by atoms with Crippen LogP contribution in [-0.4, -0.2) is 37.9 Å². The van der Waals surface area contributed by atoms with Crippen molar-refractivity contribution >= 4 is 37.7 Å². The van der Waals surface area contributed by atoms with E-state index in [0.29, 0.717) is 18.9 Å². The van der Waals surface area contributed by atoms with E-state index in [0.717, 1.165) is 21.8 Å². The summed E-state index contributed by atoms with van der Waals surface area (Å²) in [5.41, 5.74) is 1.67. The number of carbonyl (C=O) groups is 1. The topological polar surface area (TPSA) is 66.9 Å². The molecule has 2 aliphatic heterocycles. The minimum Gasteiger partial charge on any atom is -0.444 e. The predicted molar refractivity (Wildman–Crippen MR) is 110 cm³/mol. The number of benzene rings is 2. The van der Waals surface area contributed by atoms with E-state index in [-0.39, 0.29) is 31.3 Å². The SMILES string of the molecule is Cc1cc(S(=O)(=O)N2CCC(N3C(=O)OCc4cc(Br)ccc43)CC2)c(F)cc1F. The summed E-state index contributed by atoms with van der Waals surface area (Å²) in [5.74, 6) is -1.90. The number of hydrogen-bond donors (Lipinski definition) is 0. The molecule has 160 valence electrons. The number of aryl methyl sites for hydroxylation is 1. The van der Waals surface area contributed by atoms with E-state index < -0.39 is 32.6 Å². The smallest absolute Gasteiger partial charge is 0.414 e. The first kappa shape index (κ1) is 21.2. The molecule has 0 saturated carbocycles. The van der Waals surface area contributed by atoms with Gasteiger partial charge in [-0.15, -0.1) is 0 Å². The minimum absolute atomic E-state index is 0.0590. The molecule has 2 aromatic rings. The molecule has 2 aliphatic rings. The largest absolute Gasteiger partial charge is 0.444 e. The molecule has 0 aliphatic carbocycles. The zero-order valence-corrected chi connectivity index (χ0v) is 18.5. The number of rotatable bonds is 3. The standard InChI is InChI=1S/C20H19BrF2N2O4S/c1-12-8-19(17(23)10-16(12)22)30(27,28)24-6-4-15(5-7-24)25-18-3-2-14(21)9-13(18)11-29-20(25)26/h2-3,8-10,15H,4-7,11H2,1H3. The minimum atomic E-state index is -4.12. The van der Waals surface area contributed by atoms with Gasteiger partial charge in [0, 0.05) is 35.2 Å². The second-order valence-corrected chi connectivity index (χ2v) is 10.2. The number of hydrogen-bond acceptors (Lipinski definition) is 4. The highest BCUT2D eigenvalue weighted by Gasteiger charge is 2.38. The summed E-state index contributed by atoms with van der Waals surface area (Å²) in [6.45, 7) is 1.79. The van der Waals surface area contributed by atoms with Crippen LogP contribution in [0.15, 0.2) is 39.7 Å². The van der Waals surface area contributed by atoms with Crippen LogP contribution in [-0.2, 0) is 21.4 Å². The molecule has 1 saturated heterocycles. The van der Waals surface area contributed by atoms with Crippen molar-refractivity contribution in [1.82, 2.24) is 4.31 Å². The van der Waals surface area contributed by atoms with Crippen molar-refractivity contribution in [2.45, 2.75) is 37.3 Å². The number of cyclic esters (lactones) is 1. The Morgan fingerprint density at radius 1 is 1.10 bits per heavy atom. The maximum atomic E-state index is 14.2. The molecule has 0 N–H and O–H groups in total. The third-order valence-electron chi connectivity index (χ3n) is 5.47. The third kappa shape index (κ3) is 3.72. The van der Waals surface area contributed by atoms with Gasteiger partial charge in [-0.1, -0.05) is 15.9 Å². The number of carbonyl (C=O) groups excluding carboxylic acids is 1. The van der Waals surface area contributed by atoms with Gasteiger partial charge in [-0.3, -0.25) is 4.90 Å². The van der Waals surface area contributed by atoms with Crippen molar-refractivity contribution < 1.29 is 26.7 Å². The lowest BCUT2D eigenvalue weighted by Gasteiger charge is -2.39. The normalized spacial score (nSPS) is 18.3. The Bertz CT molecular complexity index is 1120. The Morgan fingerprint density at radius 2 is 1.80 bits per heavy atom. The van der Waals surface area contributed by atoms with Gasteiger partial charge in [-0.2, -0.15) is 4.31 Å². The van der Waals surface area contributed by atoms with E-state index in [1.54, 1.807) is 4.90 Å². The van der Waals surface area contributed by atoms with Crippen LogP contribution in [0.2, 0.25) is 0 Å². The molecule has 0 unspecified atom stereocenters. The number of fused-ring (bicyclic) bond motifs is 1. The third-order valence-corrected chi connectivity index (χ3v) is 7.88. The number of halogens is 3. The van der Waals surface area contributed by atoms with E-state index >= 15 is 0 Å². The van der Waals surface area contributed by atoms with Crippen molar-refractivity contribution in [3.8, 4) is 0 Å². The Morgan fingerprint density at radius 3 is 2.50 bits per heavy atom. The summed E-state index contributed by atoms with van der Waals surface area (Å²) in [7, 11) is -4.12. The van der Waals surface area contributed by atoms with E-state index in [9.17, 15) is 22.0 Å². The monoisotopic (exact) mass is 500 g/mol. The van der Waals surface area contributed by atoms with Crippen molar-refractivity contribution in [1.29, 1.82) is 0 Å². The molecule has 1 amide bonds. The van der Waals surface area contributed by atoms with Gasteiger partial charge in [0.2, 0.25) is 10.0 Å². The zero-order chi connectivity index (χ0) is 21.6. The van der Waals surface area contributed by atoms with Gasteiger partial charge >= 0.3 is 6.09 Å². The fourth-order valence-electron chi connectivity index (χ4n) is 3.87. The summed E-state index contributed by atoms with van der Waals surface area (Å²) in [4.78, 5) is 13.5. The highest BCUT2D eigenvalue weighted by molar-refractivity contribution is 9.10. The van der Waals surface area contributed by atoms with Crippen LogP contribution < -0.4 is 4.90 Å². The fraction of sp³-hybridized carbons (Fsp3) is 0.350. The Hall–Kier alpha value is -2.04. The van der Waals surface area contributed by atoms with Crippen LogP contribution in [0.4, 0.5) is 19.3 Å². The molecule has 1 fully saturated rings. The first-order valence-corrected chi connectivity index (χ1v) is 11.6. The van der Waals surface area contributed by atoms with Gasteiger partial charge in [-0.05, 0) is 49.6 Å². The van der Waals surface area contributed by atoms with Crippen molar-refractivity contribution in [2.75, 3.05) is 18.0 Å². The number of piperidine rings is 1. The van der Waals surface area contributed by atoms with Gasteiger partial charge in [-0.25, -0.2) is 22.0 Å². The van der Waals surface area contributed by atoms with E-state index in [2.05, 4.69) is 15.9 Å². The molecule has 10 heteroatoms. The van der Waals surface area contributed by atoms with Gasteiger partial charge in [0.05, 0.1) is 5.69 Å². The van der Waals surface area contributed by atoms with Crippen LogP contribution in [0.25, 0.3) is 0 Å². The number of amides is 1. The quantitative estimate of drug-likeness (QED) is 0.628. The Labute approximate surface area is 181 Å². The average Bonchev–Trinajstić information content (AvgIpc) is 2.71. The van der Waals surface area contributed by atoms with Crippen LogP contribution in [0.1, 0.15) is 24.0 Å². The second-order valence-electron chi connectivity index (χ2n) is 7.36. The Kier molecular flexibility index (Phi) is 5.58. The zero-order valence-electron chi connectivity index (χ0n) is 16.1. The van der Waals surface area contributed by atoms with Gasteiger partial charge < -0.3 is 4.74 Å². The number of anilines is 1. The summed E-state index contributed by atoms with van der Waals surface area (Å²) >= 11 is 3.40. The van der Waals surface area contributed by atoms with Gasteiger partial charge in [0.1, 0.15) is 23.1 Å². The van der Waals surface area contributed by atoms with Crippen molar-refractivity contribution in [3.63, 3.8) is 0 Å². The second kappa shape index (κ2) is 7.90. The molecule has 0 bridgehead atoms. The first-order chi connectivity index (χ1) is 14.2. The van der Waals surface area contributed by atoms with Crippen LogP contribution >= 0.6 is 15.9 Å². The molecule has 0 atom stereocenters. The van der Waals surface area contributed by atoms with E-state index in [1.807, 2.05) is 18.2 Å². The molecule has 30 heavy (non-hydrogen) atoms. The highest BCUT2D eigenvalue weighted by Crippen LogP contribution is 2.34. The Balaban J connectivity index is 1.55. The molecule has 4 rings (SSSR count). The number of ether oxygens (including phenoxy) is 1. The predicted octanol–water partition coefficient (Wildman–Crippen LogP) is 4.35. The number of nitrogens with zero attached hydrogens (tertiary/aromatic N) is 2. The number of sulfonamides is 1. The molecule has 6 nitrogen and oxygen atoms in total. The van der Waals surface area contributed by atoms with Crippen LogP contribution in [0.5, 0.6) is 0 Å².